The van der Waals surface area contributed by atoms with Crippen molar-refractivity contribution in [3.8, 4) is 72.4 Å². The summed E-state index contributed by atoms with van der Waals surface area (Å²) in [7, 11) is 0. The molecular weight excluding hydrogens is 847 g/mol. The third-order valence-corrected chi connectivity index (χ3v) is 14.3. The molecule has 70 heavy (non-hydrogen) atoms. The Kier molecular flexibility index (Phi) is 9.25. The largest absolute Gasteiger partial charge is 0.455 e. The van der Waals surface area contributed by atoms with Crippen LogP contribution < -0.4 is 0 Å². The fourth-order valence-corrected chi connectivity index (χ4v) is 11.2. The summed E-state index contributed by atoms with van der Waals surface area (Å²) in [6.07, 6.45) is 0. The number of hydrogen-bond acceptors (Lipinski definition) is 1. The Morgan fingerprint density at radius 1 is 0.229 bits per heavy atom. The molecule has 0 saturated carbocycles. The molecule has 2 nitrogen and oxygen atoms in total. The van der Waals surface area contributed by atoms with E-state index in [2.05, 4.69) is 265 Å². The van der Waals surface area contributed by atoms with Crippen molar-refractivity contribution in [1.82, 2.24) is 4.57 Å². The summed E-state index contributed by atoms with van der Waals surface area (Å²) in [5.74, 6) is 0. The molecule has 2 aromatic heterocycles. The van der Waals surface area contributed by atoms with Gasteiger partial charge in [-0.2, -0.15) is 0 Å². The fraction of sp³-hybridized carbons (Fsp3) is 0. The Labute approximate surface area is 405 Å². The SMILES string of the molecule is c1ccc(-c2cc(-c3ccccc3)c3oc4c(-c5ccc6c(c5)c5ccccc5n6-c5cccc(-c6c7ccccc7c(-c7ccccc7)c7ccccc67)c5)cc(-c5ccccc5)cc4c3c2)cc1. The average Bonchev–Trinajstić information content (AvgIpc) is 3.98. The van der Waals surface area contributed by atoms with Gasteiger partial charge in [0.15, 0.2) is 0 Å². The van der Waals surface area contributed by atoms with E-state index in [4.69, 9.17) is 4.42 Å². The molecule has 12 aromatic carbocycles. The van der Waals surface area contributed by atoms with Crippen molar-refractivity contribution in [2.45, 2.75) is 0 Å². The first-order valence-corrected chi connectivity index (χ1v) is 24.1. The molecule has 0 unspecified atom stereocenters. The molecule has 0 fully saturated rings. The summed E-state index contributed by atoms with van der Waals surface area (Å²) in [6, 6.07) is 94.8. The fourth-order valence-electron chi connectivity index (χ4n) is 11.2. The zero-order chi connectivity index (χ0) is 46.1. The Bertz CT molecular complexity index is 4260. The molecule has 0 radical (unpaired) electrons. The maximum Gasteiger partial charge on any atom is 0.143 e. The molecule has 14 rings (SSSR count). The van der Waals surface area contributed by atoms with Gasteiger partial charge in [-0.25, -0.2) is 0 Å². The molecule has 0 aliphatic rings. The highest BCUT2D eigenvalue weighted by Gasteiger charge is 2.22. The number of para-hydroxylation sites is 1. The lowest BCUT2D eigenvalue weighted by Crippen LogP contribution is -1.95. The number of fused-ring (bicyclic) bond motifs is 8. The van der Waals surface area contributed by atoms with Crippen molar-refractivity contribution >= 4 is 65.3 Å². The van der Waals surface area contributed by atoms with Crippen molar-refractivity contribution in [3.63, 3.8) is 0 Å². The maximum absolute atomic E-state index is 7.22. The summed E-state index contributed by atoms with van der Waals surface area (Å²) in [5, 5.41) is 9.57. The molecular formula is C68H43NO. The van der Waals surface area contributed by atoms with Crippen molar-refractivity contribution in [1.29, 1.82) is 0 Å². The van der Waals surface area contributed by atoms with E-state index in [0.29, 0.717) is 0 Å². The highest BCUT2D eigenvalue weighted by atomic mass is 16.3. The first-order valence-electron chi connectivity index (χ1n) is 24.1. The molecule has 2 heteroatoms. The molecule has 0 spiro atoms. The van der Waals surface area contributed by atoms with Gasteiger partial charge in [-0.15, -0.1) is 0 Å². The summed E-state index contributed by atoms with van der Waals surface area (Å²) in [4.78, 5) is 0. The first kappa shape index (κ1) is 39.9. The van der Waals surface area contributed by atoms with Crippen LogP contribution in [0.1, 0.15) is 0 Å². The molecule has 0 aliphatic carbocycles. The zero-order valence-electron chi connectivity index (χ0n) is 38.2. The summed E-state index contributed by atoms with van der Waals surface area (Å²) in [6.45, 7) is 0. The van der Waals surface area contributed by atoms with Crippen LogP contribution >= 0.6 is 0 Å². The van der Waals surface area contributed by atoms with Crippen molar-refractivity contribution in [2.24, 2.45) is 0 Å². The topological polar surface area (TPSA) is 18.1 Å². The van der Waals surface area contributed by atoms with Crippen LogP contribution in [0, 0.1) is 0 Å². The average molecular weight is 890 g/mol. The van der Waals surface area contributed by atoms with Crippen LogP contribution in [-0.2, 0) is 0 Å². The normalized spacial score (nSPS) is 11.7. The summed E-state index contributed by atoms with van der Waals surface area (Å²) >= 11 is 0. The molecule has 14 aromatic rings. The Hall–Kier alpha value is -9.24. The minimum atomic E-state index is 0.880. The van der Waals surface area contributed by atoms with E-state index in [-0.39, 0.29) is 0 Å². The second-order valence-electron chi connectivity index (χ2n) is 18.3. The number of rotatable bonds is 7. The van der Waals surface area contributed by atoms with E-state index in [1.807, 2.05) is 0 Å². The van der Waals surface area contributed by atoms with E-state index in [0.717, 1.165) is 77.6 Å². The van der Waals surface area contributed by atoms with Crippen LogP contribution in [0.2, 0.25) is 0 Å². The lowest BCUT2D eigenvalue weighted by Gasteiger charge is -2.18. The van der Waals surface area contributed by atoms with E-state index in [9.17, 15) is 0 Å². The monoisotopic (exact) mass is 889 g/mol. The van der Waals surface area contributed by atoms with Gasteiger partial charge in [-0.1, -0.05) is 206 Å². The molecule has 0 saturated heterocycles. The molecule has 0 amide bonds. The van der Waals surface area contributed by atoms with Crippen LogP contribution in [0.3, 0.4) is 0 Å². The van der Waals surface area contributed by atoms with Gasteiger partial charge in [0.1, 0.15) is 11.2 Å². The standard InChI is InChI=1S/C68H43NO/c1-5-20-44(21-6-1)50-40-58(46-24-9-3-10-25-46)67-61(42-50)62-43-51(45-22-7-2-8-23-45)41-59(68(62)70-67)48-36-37-64-60(39-48)53-30-17-18-35-63(53)69(64)52-29-19-28-49(38-52)66-56-33-15-13-31-54(56)65(47-26-11-4-12-27-47)55-32-14-16-34-57(55)66/h1-43H. The van der Waals surface area contributed by atoms with Gasteiger partial charge in [0.05, 0.1) is 11.0 Å². The van der Waals surface area contributed by atoms with Crippen LogP contribution in [0.5, 0.6) is 0 Å². The zero-order valence-corrected chi connectivity index (χ0v) is 38.2. The Balaban J connectivity index is 0.984. The summed E-state index contributed by atoms with van der Waals surface area (Å²) in [5.41, 5.74) is 19.1. The molecule has 0 atom stereocenters. The van der Waals surface area contributed by atoms with Gasteiger partial charge < -0.3 is 8.98 Å². The third-order valence-electron chi connectivity index (χ3n) is 14.3. The predicted octanol–water partition coefficient (Wildman–Crippen LogP) is 19.0. The van der Waals surface area contributed by atoms with Gasteiger partial charge in [0, 0.05) is 38.4 Å². The van der Waals surface area contributed by atoms with E-state index in [1.54, 1.807) is 0 Å². The van der Waals surface area contributed by atoms with Gasteiger partial charge in [0.2, 0.25) is 0 Å². The number of furan rings is 1. The van der Waals surface area contributed by atoms with E-state index < -0.39 is 0 Å². The van der Waals surface area contributed by atoms with Gasteiger partial charge in [0.25, 0.3) is 0 Å². The third kappa shape index (κ3) is 6.42. The molecule has 0 N–H and O–H groups in total. The lowest BCUT2D eigenvalue weighted by molar-refractivity contribution is 0.671. The number of nitrogens with zero attached hydrogens (tertiary/aromatic N) is 1. The lowest BCUT2D eigenvalue weighted by atomic mass is 9.86. The van der Waals surface area contributed by atoms with Crippen LogP contribution in [-0.4, -0.2) is 4.57 Å². The number of benzene rings is 12. The molecule has 2 heterocycles. The van der Waals surface area contributed by atoms with E-state index in [1.165, 1.54) is 60.1 Å². The first-order chi connectivity index (χ1) is 34.7. The maximum atomic E-state index is 7.22. The Morgan fingerprint density at radius 3 is 1.20 bits per heavy atom. The van der Waals surface area contributed by atoms with Crippen molar-refractivity contribution in [2.75, 3.05) is 0 Å². The van der Waals surface area contributed by atoms with Crippen molar-refractivity contribution < 1.29 is 4.42 Å². The minimum Gasteiger partial charge on any atom is -0.455 e. The van der Waals surface area contributed by atoms with Gasteiger partial charge in [-0.05, 0) is 132 Å². The highest BCUT2D eigenvalue weighted by molar-refractivity contribution is 6.22. The van der Waals surface area contributed by atoms with Crippen LogP contribution in [0.25, 0.3) is 138 Å². The van der Waals surface area contributed by atoms with Crippen molar-refractivity contribution in [3.05, 3.63) is 261 Å². The summed E-state index contributed by atoms with van der Waals surface area (Å²) < 4.78 is 9.66. The Morgan fingerprint density at radius 2 is 0.643 bits per heavy atom. The second-order valence-corrected chi connectivity index (χ2v) is 18.3. The molecule has 326 valence electrons. The minimum absolute atomic E-state index is 0.880. The number of hydrogen-bond donors (Lipinski definition) is 0. The van der Waals surface area contributed by atoms with Gasteiger partial charge >= 0.3 is 0 Å². The second kappa shape index (κ2) is 16.2. The predicted molar refractivity (Wildman–Crippen MR) is 296 cm³/mol. The quantitative estimate of drug-likeness (QED) is 0.146. The number of aromatic nitrogens is 1. The smallest absolute Gasteiger partial charge is 0.143 e. The molecule has 0 aliphatic heterocycles. The van der Waals surface area contributed by atoms with Gasteiger partial charge in [-0.3, -0.25) is 0 Å². The highest BCUT2D eigenvalue weighted by Crippen LogP contribution is 2.47. The molecule has 0 bridgehead atoms. The van der Waals surface area contributed by atoms with E-state index >= 15 is 0 Å². The van der Waals surface area contributed by atoms with Crippen LogP contribution in [0.15, 0.2) is 265 Å². The van der Waals surface area contributed by atoms with Crippen LogP contribution in [0.4, 0.5) is 0 Å².